The summed E-state index contributed by atoms with van der Waals surface area (Å²) in [6.07, 6.45) is 0. The number of rotatable bonds is 3. The lowest BCUT2D eigenvalue weighted by Crippen LogP contribution is -2.26. The van der Waals surface area contributed by atoms with Gasteiger partial charge in [0.15, 0.2) is 11.5 Å². The summed E-state index contributed by atoms with van der Waals surface area (Å²) in [5, 5.41) is 3.31. The first-order chi connectivity index (χ1) is 10.5. The van der Waals surface area contributed by atoms with E-state index in [2.05, 4.69) is 21.2 Å². The summed E-state index contributed by atoms with van der Waals surface area (Å²) >= 11 is 9.53. The van der Waals surface area contributed by atoms with E-state index in [1.165, 1.54) is 0 Å². The summed E-state index contributed by atoms with van der Waals surface area (Å²) in [4.78, 5) is 12.4. The summed E-state index contributed by atoms with van der Waals surface area (Å²) in [6, 6.07) is 10.9. The van der Waals surface area contributed by atoms with Gasteiger partial charge in [0.1, 0.15) is 0 Å². The summed E-state index contributed by atoms with van der Waals surface area (Å²) in [5.74, 6) is 0.763. The van der Waals surface area contributed by atoms with E-state index >= 15 is 0 Å². The van der Waals surface area contributed by atoms with Crippen LogP contribution in [-0.4, -0.2) is 12.7 Å². The topological polar surface area (TPSA) is 47.6 Å². The molecule has 0 fully saturated rings. The average molecular weight is 383 g/mol. The maximum Gasteiger partial charge on any atom is 0.251 e. The first-order valence-electron chi connectivity index (χ1n) is 6.70. The van der Waals surface area contributed by atoms with E-state index < -0.39 is 0 Å². The predicted octanol–water partition coefficient (Wildman–Crippen LogP) is 4.32. The Morgan fingerprint density at radius 3 is 2.91 bits per heavy atom. The van der Waals surface area contributed by atoms with Crippen molar-refractivity contribution in [3.8, 4) is 11.5 Å². The summed E-state index contributed by atoms with van der Waals surface area (Å²) in [7, 11) is 0. The Labute approximate surface area is 141 Å². The number of hydrogen-bond acceptors (Lipinski definition) is 3. The molecular formula is C16H13BrClNO3. The van der Waals surface area contributed by atoms with Crippen LogP contribution in [0.5, 0.6) is 11.5 Å². The van der Waals surface area contributed by atoms with Gasteiger partial charge < -0.3 is 14.8 Å². The van der Waals surface area contributed by atoms with Crippen LogP contribution in [0.1, 0.15) is 28.9 Å². The molecule has 0 radical (unpaired) electrons. The van der Waals surface area contributed by atoms with Gasteiger partial charge in [-0.05, 0) is 36.8 Å². The van der Waals surface area contributed by atoms with Crippen LogP contribution in [-0.2, 0) is 0 Å². The van der Waals surface area contributed by atoms with Crippen LogP contribution in [0.15, 0.2) is 40.9 Å². The number of carbonyl (C=O) groups is 1. The Morgan fingerprint density at radius 2 is 2.14 bits per heavy atom. The van der Waals surface area contributed by atoms with Crippen LogP contribution in [0, 0.1) is 0 Å². The highest BCUT2D eigenvalue weighted by Gasteiger charge is 2.21. The Morgan fingerprint density at radius 1 is 1.32 bits per heavy atom. The largest absolute Gasteiger partial charge is 0.454 e. The number of benzene rings is 2. The molecule has 0 bridgehead atoms. The maximum absolute atomic E-state index is 12.4. The highest BCUT2D eigenvalue weighted by molar-refractivity contribution is 9.10. The fraction of sp³-hybridized carbons (Fsp3) is 0.188. The second-order valence-electron chi connectivity index (χ2n) is 4.94. The summed E-state index contributed by atoms with van der Waals surface area (Å²) < 4.78 is 11.5. The van der Waals surface area contributed by atoms with Gasteiger partial charge in [-0.3, -0.25) is 4.79 Å². The normalized spacial score (nSPS) is 13.8. The molecule has 0 saturated carbocycles. The molecule has 22 heavy (non-hydrogen) atoms. The average Bonchev–Trinajstić information content (AvgIpc) is 2.96. The van der Waals surface area contributed by atoms with E-state index in [9.17, 15) is 4.79 Å². The molecule has 1 heterocycles. The standard InChI is InChI=1S/C16H13BrClNO3/c1-9(10-3-2-4-12(17)5-10)19-16(20)11-6-13(18)15-14(7-11)21-8-22-15/h2-7,9H,8H2,1H3,(H,19,20). The van der Waals surface area contributed by atoms with Crippen LogP contribution in [0.3, 0.4) is 0 Å². The van der Waals surface area contributed by atoms with E-state index in [0.29, 0.717) is 22.1 Å². The maximum atomic E-state index is 12.4. The van der Waals surface area contributed by atoms with Crippen molar-refractivity contribution in [2.24, 2.45) is 0 Å². The zero-order valence-electron chi connectivity index (χ0n) is 11.7. The third-order valence-electron chi connectivity index (χ3n) is 3.39. The van der Waals surface area contributed by atoms with Crippen LogP contribution >= 0.6 is 27.5 Å². The number of halogens is 2. The van der Waals surface area contributed by atoms with Crippen molar-refractivity contribution >= 4 is 33.4 Å². The van der Waals surface area contributed by atoms with Crippen LogP contribution < -0.4 is 14.8 Å². The van der Waals surface area contributed by atoms with Crippen molar-refractivity contribution in [1.29, 1.82) is 0 Å². The SMILES string of the molecule is CC(NC(=O)c1cc(Cl)c2c(c1)OCO2)c1cccc(Br)c1. The first-order valence-corrected chi connectivity index (χ1v) is 7.87. The molecule has 2 aromatic rings. The van der Waals surface area contributed by atoms with Crippen molar-refractivity contribution in [1.82, 2.24) is 5.32 Å². The van der Waals surface area contributed by atoms with E-state index in [-0.39, 0.29) is 18.7 Å². The number of nitrogens with one attached hydrogen (secondary N) is 1. The molecule has 0 saturated heterocycles. The number of amides is 1. The highest BCUT2D eigenvalue weighted by Crippen LogP contribution is 2.39. The predicted molar refractivity (Wildman–Crippen MR) is 87.6 cm³/mol. The van der Waals surface area contributed by atoms with Gasteiger partial charge in [-0.2, -0.15) is 0 Å². The van der Waals surface area contributed by atoms with Crippen molar-refractivity contribution in [2.45, 2.75) is 13.0 Å². The number of fused-ring (bicyclic) bond motifs is 1. The van der Waals surface area contributed by atoms with Gasteiger partial charge in [0.2, 0.25) is 6.79 Å². The minimum atomic E-state index is -0.215. The molecule has 4 nitrogen and oxygen atoms in total. The number of hydrogen-bond donors (Lipinski definition) is 1. The Hall–Kier alpha value is -1.72. The van der Waals surface area contributed by atoms with Crippen LogP contribution in [0.2, 0.25) is 5.02 Å². The highest BCUT2D eigenvalue weighted by atomic mass is 79.9. The van der Waals surface area contributed by atoms with Crippen molar-refractivity contribution in [3.05, 3.63) is 57.0 Å². The number of carbonyl (C=O) groups excluding carboxylic acids is 1. The van der Waals surface area contributed by atoms with E-state index in [0.717, 1.165) is 10.0 Å². The number of ether oxygens (including phenoxy) is 2. The second kappa shape index (κ2) is 6.18. The Bertz CT molecular complexity index is 735. The molecule has 2 aromatic carbocycles. The third-order valence-corrected chi connectivity index (χ3v) is 4.16. The van der Waals surface area contributed by atoms with Gasteiger partial charge in [0, 0.05) is 10.0 Å². The van der Waals surface area contributed by atoms with E-state index in [4.69, 9.17) is 21.1 Å². The molecule has 1 unspecified atom stereocenters. The smallest absolute Gasteiger partial charge is 0.251 e. The van der Waals surface area contributed by atoms with Crippen LogP contribution in [0.4, 0.5) is 0 Å². The monoisotopic (exact) mass is 381 g/mol. The Kier molecular flexibility index (Phi) is 4.27. The lowest BCUT2D eigenvalue weighted by molar-refractivity contribution is 0.0939. The molecular weight excluding hydrogens is 370 g/mol. The molecule has 1 amide bonds. The minimum absolute atomic E-state index is 0.120. The third kappa shape index (κ3) is 3.05. The quantitative estimate of drug-likeness (QED) is 0.860. The molecule has 1 aliphatic heterocycles. The van der Waals surface area contributed by atoms with E-state index in [1.807, 2.05) is 31.2 Å². The van der Waals surface area contributed by atoms with Gasteiger partial charge >= 0.3 is 0 Å². The van der Waals surface area contributed by atoms with E-state index in [1.54, 1.807) is 12.1 Å². The molecule has 1 atom stereocenters. The van der Waals surface area contributed by atoms with Crippen molar-refractivity contribution in [2.75, 3.05) is 6.79 Å². The fourth-order valence-electron chi connectivity index (χ4n) is 2.24. The van der Waals surface area contributed by atoms with Gasteiger partial charge in [0.05, 0.1) is 11.1 Å². The minimum Gasteiger partial charge on any atom is -0.454 e. The molecule has 1 N–H and O–H groups in total. The zero-order valence-corrected chi connectivity index (χ0v) is 14.1. The van der Waals surface area contributed by atoms with Crippen molar-refractivity contribution in [3.63, 3.8) is 0 Å². The molecule has 0 aromatic heterocycles. The molecule has 0 spiro atoms. The van der Waals surface area contributed by atoms with Gasteiger partial charge in [-0.15, -0.1) is 0 Å². The van der Waals surface area contributed by atoms with Gasteiger partial charge in [0.25, 0.3) is 5.91 Å². The molecule has 0 aliphatic carbocycles. The second-order valence-corrected chi connectivity index (χ2v) is 6.26. The fourth-order valence-corrected chi connectivity index (χ4v) is 2.92. The lowest BCUT2D eigenvalue weighted by atomic mass is 10.1. The first kappa shape index (κ1) is 15.2. The van der Waals surface area contributed by atoms with Crippen molar-refractivity contribution < 1.29 is 14.3 Å². The molecule has 6 heteroatoms. The van der Waals surface area contributed by atoms with Gasteiger partial charge in [-0.25, -0.2) is 0 Å². The summed E-state index contributed by atoms with van der Waals surface area (Å²) in [5.41, 5.74) is 1.45. The van der Waals surface area contributed by atoms with Crippen LogP contribution in [0.25, 0.3) is 0 Å². The molecule has 1 aliphatic rings. The lowest BCUT2D eigenvalue weighted by Gasteiger charge is -2.15. The zero-order chi connectivity index (χ0) is 15.7. The summed E-state index contributed by atoms with van der Waals surface area (Å²) in [6.45, 7) is 2.04. The Balaban J connectivity index is 1.79. The molecule has 114 valence electrons. The molecule has 3 rings (SSSR count). The van der Waals surface area contributed by atoms with Gasteiger partial charge in [-0.1, -0.05) is 39.7 Å².